The molecular formula is C20H35IN6O. The zero-order valence-electron chi connectivity index (χ0n) is 17.4. The molecule has 2 N–H and O–H groups in total. The standard InChI is InChI=1S/C20H34N6O.HI/c1-4-5-11-22-20(23-15-19(27)25(2)3)24-17-9-13-26(14-10-17)16-18-8-6-7-12-21-18;/h6-8,12,17H,4-5,9-11,13-16H2,1-3H3,(H2,22,23,24);1H. The van der Waals surface area contributed by atoms with Crippen LogP contribution in [0.1, 0.15) is 38.3 Å². The topological polar surface area (TPSA) is 72.9 Å². The lowest BCUT2D eigenvalue weighted by Crippen LogP contribution is -2.49. The average molecular weight is 502 g/mol. The third-order valence-electron chi connectivity index (χ3n) is 4.73. The predicted molar refractivity (Wildman–Crippen MR) is 125 cm³/mol. The fraction of sp³-hybridized carbons (Fsp3) is 0.650. The van der Waals surface area contributed by atoms with Crippen LogP contribution in [0.2, 0.25) is 0 Å². The normalized spacial score (nSPS) is 15.6. The van der Waals surface area contributed by atoms with Crippen molar-refractivity contribution < 1.29 is 4.79 Å². The number of pyridine rings is 1. The van der Waals surface area contributed by atoms with Crippen molar-refractivity contribution in [1.29, 1.82) is 0 Å². The number of nitrogens with one attached hydrogen (secondary N) is 2. The van der Waals surface area contributed by atoms with Crippen LogP contribution in [0, 0.1) is 0 Å². The Labute approximate surface area is 186 Å². The zero-order valence-corrected chi connectivity index (χ0v) is 19.7. The maximum absolute atomic E-state index is 11.8. The van der Waals surface area contributed by atoms with E-state index in [1.807, 2.05) is 18.3 Å². The van der Waals surface area contributed by atoms with E-state index in [0.717, 1.165) is 63.5 Å². The monoisotopic (exact) mass is 502 g/mol. The second-order valence-electron chi connectivity index (χ2n) is 7.25. The van der Waals surface area contributed by atoms with Gasteiger partial charge in [0.1, 0.15) is 6.54 Å². The first-order valence-electron chi connectivity index (χ1n) is 9.95. The first-order valence-corrected chi connectivity index (χ1v) is 9.95. The summed E-state index contributed by atoms with van der Waals surface area (Å²) < 4.78 is 0. The molecule has 0 saturated carbocycles. The third-order valence-corrected chi connectivity index (χ3v) is 4.73. The van der Waals surface area contributed by atoms with Crippen LogP contribution in [0.15, 0.2) is 29.4 Å². The number of guanidine groups is 1. The Morgan fingerprint density at radius 2 is 2.07 bits per heavy atom. The van der Waals surface area contributed by atoms with Crippen LogP contribution in [0.25, 0.3) is 0 Å². The van der Waals surface area contributed by atoms with Crippen molar-refractivity contribution in [2.75, 3.05) is 40.3 Å². The number of nitrogens with zero attached hydrogens (tertiary/aromatic N) is 4. The Morgan fingerprint density at radius 3 is 2.68 bits per heavy atom. The fourth-order valence-corrected chi connectivity index (χ4v) is 2.97. The van der Waals surface area contributed by atoms with Crippen LogP contribution < -0.4 is 10.6 Å². The highest BCUT2D eigenvalue weighted by Crippen LogP contribution is 2.12. The van der Waals surface area contributed by atoms with Gasteiger partial charge in [-0.1, -0.05) is 19.4 Å². The molecule has 1 fully saturated rings. The molecule has 0 radical (unpaired) electrons. The van der Waals surface area contributed by atoms with Crippen molar-refractivity contribution in [2.45, 2.75) is 45.2 Å². The molecule has 8 heteroatoms. The minimum atomic E-state index is 0. The second-order valence-corrected chi connectivity index (χ2v) is 7.25. The van der Waals surface area contributed by atoms with Crippen molar-refractivity contribution in [1.82, 2.24) is 25.4 Å². The van der Waals surface area contributed by atoms with Gasteiger partial charge in [-0.25, -0.2) is 4.99 Å². The van der Waals surface area contributed by atoms with Gasteiger partial charge in [0, 0.05) is 52.5 Å². The van der Waals surface area contributed by atoms with Gasteiger partial charge in [-0.05, 0) is 31.4 Å². The number of carbonyl (C=O) groups is 1. The van der Waals surface area contributed by atoms with E-state index >= 15 is 0 Å². The van der Waals surface area contributed by atoms with Gasteiger partial charge in [0.2, 0.25) is 5.91 Å². The highest BCUT2D eigenvalue weighted by molar-refractivity contribution is 14.0. The summed E-state index contributed by atoms with van der Waals surface area (Å²) in [5.41, 5.74) is 1.12. The van der Waals surface area contributed by atoms with Gasteiger partial charge in [0.05, 0.1) is 5.69 Å². The van der Waals surface area contributed by atoms with E-state index in [4.69, 9.17) is 0 Å². The highest BCUT2D eigenvalue weighted by Gasteiger charge is 2.20. The molecule has 1 aromatic heterocycles. The average Bonchev–Trinajstić information content (AvgIpc) is 2.68. The van der Waals surface area contributed by atoms with E-state index in [1.165, 1.54) is 0 Å². The van der Waals surface area contributed by atoms with Crippen molar-refractivity contribution in [3.63, 3.8) is 0 Å². The summed E-state index contributed by atoms with van der Waals surface area (Å²) in [4.78, 5) is 24.7. The van der Waals surface area contributed by atoms with E-state index < -0.39 is 0 Å². The fourth-order valence-electron chi connectivity index (χ4n) is 2.97. The molecule has 0 atom stereocenters. The summed E-state index contributed by atoms with van der Waals surface area (Å²) in [5, 5.41) is 6.88. The molecule has 0 aliphatic carbocycles. The number of halogens is 1. The number of likely N-dealkylation sites (N-methyl/N-ethyl adjacent to an activating group) is 1. The molecule has 1 aromatic rings. The minimum absolute atomic E-state index is 0. The molecule has 1 aliphatic heterocycles. The van der Waals surface area contributed by atoms with Gasteiger partial charge in [-0.3, -0.25) is 14.7 Å². The molecule has 0 spiro atoms. The Kier molecular flexibility index (Phi) is 12.1. The van der Waals surface area contributed by atoms with Gasteiger partial charge < -0.3 is 15.5 Å². The quantitative estimate of drug-likeness (QED) is 0.247. The molecule has 2 heterocycles. The number of amides is 1. The summed E-state index contributed by atoms with van der Waals surface area (Å²) in [6, 6.07) is 6.45. The minimum Gasteiger partial charge on any atom is -0.356 e. The molecule has 0 aromatic carbocycles. The van der Waals surface area contributed by atoms with E-state index in [0.29, 0.717) is 6.04 Å². The lowest BCUT2D eigenvalue weighted by molar-refractivity contribution is -0.127. The molecule has 0 bridgehead atoms. The molecule has 0 unspecified atom stereocenters. The molecular weight excluding hydrogens is 467 g/mol. The molecule has 1 saturated heterocycles. The summed E-state index contributed by atoms with van der Waals surface area (Å²) in [5.74, 6) is 0.763. The SMILES string of the molecule is CCCCNC(=NCC(=O)N(C)C)NC1CCN(Cc2ccccn2)CC1.I. The number of hydrogen-bond donors (Lipinski definition) is 2. The summed E-state index contributed by atoms with van der Waals surface area (Å²) in [6.45, 7) is 6.18. The van der Waals surface area contributed by atoms with E-state index in [1.54, 1.807) is 19.0 Å². The Hall–Kier alpha value is -1.42. The van der Waals surface area contributed by atoms with Crippen molar-refractivity contribution in [2.24, 2.45) is 4.99 Å². The number of piperidine rings is 1. The first kappa shape index (κ1) is 24.6. The molecule has 28 heavy (non-hydrogen) atoms. The van der Waals surface area contributed by atoms with Crippen LogP contribution in [-0.2, 0) is 11.3 Å². The number of aliphatic imine (C=N–C) groups is 1. The van der Waals surface area contributed by atoms with Gasteiger partial charge in [-0.15, -0.1) is 24.0 Å². The van der Waals surface area contributed by atoms with Crippen LogP contribution >= 0.6 is 24.0 Å². The van der Waals surface area contributed by atoms with Gasteiger partial charge >= 0.3 is 0 Å². The summed E-state index contributed by atoms with van der Waals surface area (Å²) in [6.07, 6.45) is 6.18. The second kappa shape index (κ2) is 13.7. The Morgan fingerprint density at radius 1 is 1.32 bits per heavy atom. The van der Waals surface area contributed by atoms with Crippen LogP contribution in [0.5, 0.6) is 0 Å². The van der Waals surface area contributed by atoms with E-state index in [2.05, 4.69) is 38.5 Å². The molecule has 2 rings (SSSR count). The van der Waals surface area contributed by atoms with Crippen molar-refractivity contribution in [3.05, 3.63) is 30.1 Å². The van der Waals surface area contributed by atoms with Gasteiger partial charge in [0.15, 0.2) is 5.96 Å². The molecule has 158 valence electrons. The number of rotatable bonds is 8. The molecule has 7 nitrogen and oxygen atoms in total. The molecule has 1 amide bonds. The van der Waals surface area contributed by atoms with Gasteiger partial charge in [-0.2, -0.15) is 0 Å². The third kappa shape index (κ3) is 9.18. The maximum atomic E-state index is 11.8. The van der Waals surface area contributed by atoms with E-state index in [9.17, 15) is 4.79 Å². The van der Waals surface area contributed by atoms with Crippen molar-refractivity contribution >= 4 is 35.8 Å². The molecule has 1 aliphatic rings. The number of likely N-dealkylation sites (tertiary alicyclic amines) is 1. The number of carbonyl (C=O) groups excluding carboxylic acids is 1. The first-order chi connectivity index (χ1) is 13.1. The lowest BCUT2D eigenvalue weighted by Gasteiger charge is -2.33. The number of hydrogen-bond acceptors (Lipinski definition) is 4. The Balaban J connectivity index is 0.00000392. The number of aromatic nitrogens is 1. The highest BCUT2D eigenvalue weighted by atomic mass is 127. The number of unbranched alkanes of at least 4 members (excludes halogenated alkanes) is 1. The Bertz CT molecular complexity index is 588. The van der Waals surface area contributed by atoms with Crippen LogP contribution in [0.3, 0.4) is 0 Å². The predicted octanol–water partition coefficient (Wildman–Crippen LogP) is 2.09. The maximum Gasteiger partial charge on any atom is 0.243 e. The zero-order chi connectivity index (χ0) is 19.5. The summed E-state index contributed by atoms with van der Waals surface area (Å²) >= 11 is 0. The summed E-state index contributed by atoms with van der Waals surface area (Å²) in [7, 11) is 3.51. The smallest absolute Gasteiger partial charge is 0.243 e. The van der Waals surface area contributed by atoms with Crippen LogP contribution in [0.4, 0.5) is 0 Å². The van der Waals surface area contributed by atoms with Gasteiger partial charge in [0.25, 0.3) is 0 Å². The lowest BCUT2D eigenvalue weighted by atomic mass is 10.0. The van der Waals surface area contributed by atoms with Crippen molar-refractivity contribution in [3.8, 4) is 0 Å². The van der Waals surface area contributed by atoms with E-state index in [-0.39, 0.29) is 36.4 Å². The largest absolute Gasteiger partial charge is 0.356 e. The van der Waals surface area contributed by atoms with Crippen LogP contribution in [-0.4, -0.2) is 73.0 Å².